The van der Waals surface area contributed by atoms with E-state index in [4.69, 9.17) is 14.9 Å². The molecule has 0 aliphatic carbocycles. The van der Waals surface area contributed by atoms with Crippen LogP contribution in [0, 0.1) is 0 Å². The van der Waals surface area contributed by atoms with Crippen LogP contribution in [0.3, 0.4) is 0 Å². The molecule has 0 amide bonds. The van der Waals surface area contributed by atoms with Gasteiger partial charge >= 0.3 is 0 Å². The number of rotatable bonds is 4. The molecule has 2 atom stereocenters. The average Bonchev–Trinajstić information content (AvgIpc) is 1.63. The molecule has 3 nitrogen and oxygen atoms in total. The van der Waals surface area contributed by atoms with Crippen LogP contribution < -0.4 is 0 Å². The lowest BCUT2D eigenvalue weighted by atomic mass is 10.4. The highest BCUT2D eigenvalue weighted by atomic mass is 16.5. The van der Waals surface area contributed by atoms with Gasteiger partial charge in [0.05, 0.1) is 25.4 Å². The molecule has 0 saturated carbocycles. The predicted octanol–water partition coefficient (Wildman–Crippen LogP) is -0.235. The Balaban J connectivity index is 2.91. The van der Waals surface area contributed by atoms with Crippen LogP contribution in [0.25, 0.3) is 0 Å². The third-order valence-corrected chi connectivity index (χ3v) is 0.718. The average molecular weight is 134 g/mol. The Bertz CT molecular complexity index is 53.3. The molecule has 0 aliphatic heterocycles. The molecule has 0 rings (SSSR count). The Morgan fingerprint density at radius 1 is 1.11 bits per heavy atom. The summed E-state index contributed by atoms with van der Waals surface area (Å²) in [5.41, 5.74) is 0. The van der Waals surface area contributed by atoms with Crippen LogP contribution in [0.4, 0.5) is 0 Å². The van der Waals surface area contributed by atoms with Gasteiger partial charge in [0.15, 0.2) is 0 Å². The Labute approximate surface area is 55.3 Å². The third-order valence-electron chi connectivity index (χ3n) is 0.718. The van der Waals surface area contributed by atoms with Crippen molar-refractivity contribution in [1.29, 1.82) is 0 Å². The van der Waals surface area contributed by atoms with Crippen molar-refractivity contribution in [3.05, 3.63) is 0 Å². The summed E-state index contributed by atoms with van der Waals surface area (Å²) in [4.78, 5) is 0. The van der Waals surface area contributed by atoms with E-state index in [0.29, 0.717) is 13.2 Å². The van der Waals surface area contributed by atoms with Crippen molar-refractivity contribution < 1.29 is 14.9 Å². The second-order valence-corrected chi connectivity index (χ2v) is 2.24. The van der Waals surface area contributed by atoms with E-state index in [1.54, 1.807) is 13.8 Å². The molecule has 0 heterocycles. The first kappa shape index (κ1) is 8.88. The summed E-state index contributed by atoms with van der Waals surface area (Å²) in [6.07, 6.45) is -0.882. The Morgan fingerprint density at radius 3 is 1.67 bits per heavy atom. The highest BCUT2D eigenvalue weighted by Gasteiger charge is 1.97. The lowest BCUT2D eigenvalue weighted by Crippen LogP contribution is -2.16. The van der Waals surface area contributed by atoms with Crippen molar-refractivity contribution in [2.75, 3.05) is 13.2 Å². The summed E-state index contributed by atoms with van der Waals surface area (Å²) in [6, 6.07) is 0. The quantitative estimate of drug-likeness (QED) is 0.558. The highest BCUT2D eigenvalue weighted by molar-refractivity contribution is 4.44. The fourth-order valence-corrected chi connectivity index (χ4v) is 0.409. The van der Waals surface area contributed by atoms with Crippen LogP contribution in [0.2, 0.25) is 0 Å². The van der Waals surface area contributed by atoms with E-state index in [1.165, 1.54) is 0 Å². The fourth-order valence-electron chi connectivity index (χ4n) is 0.409. The molecule has 2 unspecified atom stereocenters. The summed E-state index contributed by atoms with van der Waals surface area (Å²) < 4.78 is 4.86. The molecule has 0 spiro atoms. The molecule has 0 aliphatic rings. The monoisotopic (exact) mass is 134 g/mol. The summed E-state index contributed by atoms with van der Waals surface area (Å²) in [7, 11) is 0. The lowest BCUT2D eigenvalue weighted by Gasteiger charge is -2.06. The van der Waals surface area contributed by atoms with Crippen LogP contribution in [0.15, 0.2) is 0 Å². The Morgan fingerprint density at radius 2 is 1.44 bits per heavy atom. The molecule has 2 N–H and O–H groups in total. The van der Waals surface area contributed by atoms with Gasteiger partial charge in [0, 0.05) is 0 Å². The third kappa shape index (κ3) is 7.88. The van der Waals surface area contributed by atoms with Crippen molar-refractivity contribution in [2.45, 2.75) is 26.1 Å². The van der Waals surface area contributed by atoms with Gasteiger partial charge < -0.3 is 14.9 Å². The number of hydrogen-bond donors (Lipinski definition) is 2. The van der Waals surface area contributed by atoms with Gasteiger partial charge in [-0.15, -0.1) is 0 Å². The zero-order valence-corrected chi connectivity index (χ0v) is 5.87. The van der Waals surface area contributed by atoms with Crippen LogP contribution in [-0.2, 0) is 4.74 Å². The first-order valence-corrected chi connectivity index (χ1v) is 3.06. The van der Waals surface area contributed by atoms with Gasteiger partial charge in [-0.1, -0.05) is 0 Å². The SMILES string of the molecule is CC(O)COCC(C)O. The first-order valence-electron chi connectivity index (χ1n) is 3.06. The van der Waals surface area contributed by atoms with E-state index in [1.807, 2.05) is 0 Å². The van der Waals surface area contributed by atoms with Gasteiger partial charge in [-0.25, -0.2) is 0 Å². The molecule has 9 heavy (non-hydrogen) atoms. The second kappa shape index (κ2) is 4.73. The van der Waals surface area contributed by atoms with Crippen molar-refractivity contribution in [3.63, 3.8) is 0 Å². The maximum absolute atomic E-state index is 8.66. The molecular formula is C6H14O3. The molecule has 0 fully saturated rings. The standard InChI is InChI=1S/C6H14O3/c1-5(7)3-9-4-6(2)8/h5-8H,3-4H2,1-2H3. The van der Waals surface area contributed by atoms with E-state index in [-0.39, 0.29) is 0 Å². The molecular weight excluding hydrogens is 120 g/mol. The Kier molecular flexibility index (Phi) is 4.67. The smallest absolute Gasteiger partial charge is 0.0745 e. The van der Waals surface area contributed by atoms with Gasteiger partial charge in [-0.05, 0) is 13.8 Å². The van der Waals surface area contributed by atoms with Crippen LogP contribution in [0.5, 0.6) is 0 Å². The Hall–Kier alpha value is -0.120. The van der Waals surface area contributed by atoms with E-state index in [0.717, 1.165) is 0 Å². The predicted molar refractivity (Wildman–Crippen MR) is 34.2 cm³/mol. The molecule has 0 aromatic heterocycles. The second-order valence-electron chi connectivity index (χ2n) is 2.24. The van der Waals surface area contributed by atoms with Gasteiger partial charge in [0.1, 0.15) is 0 Å². The summed E-state index contributed by atoms with van der Waals surface area (Å²) in [5.74, 6) is 0. The summed E-state index contributed by atoms with van der Waals surface area (Å²) >= 11 is 0. The van der Waals surface area contributed by atoms with E-state index in [2.05, 4.69) is 0 Å². The maximum Gasteiger partial charge on any atom is 0.0745 e. The number of aliphatic hydroxyl groups is 2. The number of ether oxygens (including phenoxy) is 1. The van der Waals surface area contributed by atoms with Gasteiger partial charge in [-0.3, -0.25) is 0 Å². The molecule has 56 valence electrons. The molecule has 0 bridgehead atoms. The van der Waals surface area contributed by atoms with Crippen molar-refractivity contribution in [2.24, 2.45) is 0 Å². The van der Waals surface area contributed by atoms with Crippen LogP contribution in [-0.4, -0.2) is 35.6 Å². The number of aliphatic hydroxyl groups excluding tert-OH is 2. The molecule has 0 radical (unpaired) electrons. The van der Waals surface area contributed by atoms with Crippen molar-refractivity contribution in [1.82, 2.24) is 0 Å². The minimum atomic E-state index is -0.441. The van der Waals surface area contributed by atoms with Crippen LogP contribution >= 0.6 is 0 Å². The molecule has 3 heteroatoms. The van der Waals surface area contributed by atoms with Gasteiger partial charge in [0.2, 0.25) is 0 Å². The first-order chi connectivity index (χ1) is 4.13. The van der Waals surface area contributed by atoms with E-state index >= 15 is 0 Å². The highest BCUT2D eigenvalue weighted by Crippen LogP contribution is 1.85. The van der Waals surface area contributed by atoms with Gasteiger partial charge in [-0.2, -0.15) is 0 Å². The maximum atomic E-state index is 8.66. The van der Waals surface area contributed by atoms with E-state index in [9.17, 15) is 0 Å². The molecule has 0 aromatic carbocycles. The minimum absolute atomic E-state index is 0.297. The van der Waals surface area contributed by atoms with Crippen LogP contribution in [0.1, 0.15) is 13.8 Å². The minimum Gasteiger partial charge on any atom is -0.391 e. The number of hydrogen-bond acceptors (Lipinski definition) is 3. The molecule has 0 aromatic rings. The topological polar surface area (TPSA) is 49.7 Å². The summed E-state index contributed by atoms with van der Waals surface area (Å²) in [5, 5.41) is 17.3. The lowest BCUT2D eigenvalue weighted by molar-refractivity contribution is 0.00392. The van der Waals surface area contributed by atoms with E-state index < -0.39 is 12.2 Å². The fraction of sp³-hybridized carbons (Fsp3) is 1.00. The summed E-state index contributed by atoms with van der Waals surface area (Å²) in [6.45, 7) is 3.87. The van der Waals surface area contributed by atoms with Gasteiger partial charge in [0.25, 0.3) is 0 Å². The zero-order valence-electron chi connectivity index (χ0n) is 5.87. The zero-order chi connectivity index (χ0) is 7.28. The van der Waals surface area contributed by atoms with Crippen molar-refractivity contribution >= 4 is 0 Å². The van der Waals surface area contributed by atoms with Crippen molar-refractivity contribution in [3.8, 4) is 0 Å². The molecule has 0 saturated heterocycles. The largest absolute Gasteiger partial charge is 0.391 e. The normalized spacial score (nSPS) is 17.3.